The number of aliphatic imine (C=N–C) groups is 1. The SMILES string of the molecule is Cn1c(O)c(/C=C2\C=Nc3cccnc32)oc1=O. The predicted octanol–water partition coefficient (Wildman–Crippen LogP) is 1.34. The zero-order chi connectivity index (χ0) is 12.7. The minimum atomic E-state index is -0.615. The summed E-state index contributed by atoms with van der Waals surface area (Å²) in [5.74, 6) is -0.733. The van der Waals surface area contributed by atoms with E-state index < -0.39 is 5.76 Å². The van der Waals surface area contributed by atoms with Crippen LogP contribution in [-0.2, 0) is 7.05 Å². The molecule has 0 atom stereocenters. The van der Waals surface area contributed by atoms with Gasteiger partial charge in [0.15, 0.2) is 5.76 Å². The Morgan fingerprint density at radius 2 is 2.33 bits per heavy atom. The largest absolute Gasteiger partial charge is 0.492 e. The number of pyridine rings is 1. The molecule has 0 spiro atoms. The predicted molar refractivity (Wildman–Crippen MR) is 65.9 cm³/mol. The molecule has 1 N–H and O–H groups in total. The highest BCUT2D eigenvalue weighted by molar-refractivity contribution is 6.20. The maximum atomic E-state index is 11.2. The first kappa shape index (κ1) is 10.5. The molecule has 0 fully saturated rings. The highest BCUT2D eigenvalue weighted by atomic mass is 16.4. The molecule has 90 valence electrons. The Morgan fingerprint density at radius 3 is 3.06 bits per heavy atom. The molecule has 1 aliphatic rings. The van der Waals surface area contributed by atoms with Crippen LogP contribution in [0.2, 0.25) is 0 Å². The number of nitrogens with zero attached hydrogens (tertiary/aromatic N) is 3. The Kier molecular flexibility index (Phi) is 2.16. The maximum Gasteiger partial charge on any atom is 0.422 e. The van der Waals surface area contributed by atoms with Crippen molar-refractivity contribution in [1.82, 2.24) is 9.55 Å². The summed E-state index contributed by atoms with van der Waals surface area (Å²) in [4.78, 5) is 19.6. The average Bonchev–Trinajstić information content (AvgIpc) is 2.89. The Labute approximate surface area is 102 Å². The van der Waals surface area contributed by atoms with Crippen LogP contribution >= 0.6 is 0 Å². The summed E-state index contributed by atoms with van der Waals surface area (Å²) >= 11 is 0. The molecule has 0 saturated heterocycles. The van der Waals surface area contributed by atoms with Crippen molar-refractivity contribution in [2.24, 2.45) is 12.0 Å². The molecule has 6 heteroatoms. The number of aromatic hydroxyl groups is 1. The molecule has 0 saturated carbocycles. The van der Waals surface area contributed by atoms with Gasteiger partial charge in [0.2, 0.25) is 5.88 Å². The third-order valence-corrected chi connectivity index (χ3v) is 2.70. The van der Waals surface area contributed by atoms with Gasteiger partial charge in [0.05, 0.1) is 11.4 Å². The van der Waals surface area contributed by atoms with E-state index in [1.165, 1.54) is 7.05 Å². The number of fused-ring (bicyclic) bond motifs is 1. The number of oxazole rings is 1. The monoisotopic (exact) mass is 243 g/mol. The van der Waals surface area contributed by atoms with Gasteiger partial charge in [-0.1, -0.05) is 0 Å². The van der Waals surface area contributed by atoms with Crippen molar-refractivity contribution in [2.75, 3.05) is 0 Å². The van der Waals surface area contributed by atoms with Gasteiger partial charge in [-0.15, -0.1) is 0 Å². The van der Waals surface area contributed by atoms with E-state index in [1.807, 2.05) is 6.07 Å². The van der Waals surface area contributed by atoms with Crippen LogP contribution in [0.15, 0.2) is 32.5 Å². The highest BCUT2D eigenvalue weighted by Gasteiger charge is 2.16. The zero-order valence-corrected chi connectivity index (χ0v) is 9.49. The normalized spacial score (nSPS) is 15.3. The minimum Gasteiger partial charge on any atom is -0.492 e. The van der Waals surface area contributed by atoms with Crippen molar-refractivity contribution in [2.45, 2.75) is 0 Å². The lowest BCUT2D eigenvalue weighted by Gasteiger charge is -1.96. The molecule has 3 rings (SSSR count). The summed E-state index contributed by atoms with van der Waals surface area (Å²) < 4.78 is 5.94. The lowest BCUT2D eigenvalue weighted by atomic mass is 10.1. The molecule has 0 bridgehead atoms. The van der Waals surface area contributed by atoms with Crippen LogP contribution in [0.25, 0.3) is 11.6 Å². The van der Waals surface area contributed by atoms with Crippen LogP contribution in [0.1, 0.15) is 11.5 Å². The summed E-state index contributed by atoms with van der Waals surface area (Å²) in [6.45, 7) is 0. The van der Waals surface area contributed by atoms with E-state index in [2.05, 4.69) is 9.98 Å². The number of hydrogen-bond acceptors (Lipinski definition) is 5. The van der Waals surface area contributed by atoms with Crippen molar-refractivity contribution in [3.05, 3.63) is 40.3 Å². The van der Waals surface area contributed by atoms with Gasteiger partial charge in [0.25, 0.3) is 0 Å². The molecule has 2 aromatic rings. The number of aromatic nitrogens is 2. The number of rotatable bonds is 1. The lowest BCUT2D eigenvalue weighted by Crippen LogP contribution is -2.07. The van der Waals surface area contributed by atoms with E-state index in [9.17, 15) is 9.90 Å². The molecule has 0 aromatic carbocycles. The fraction of sp³-hybridized carbons (Fsp3) is 0.0833. The molecule has 6 nitrogen and oxygen atoms in total. The second-order valence-electron chi connectivity index (χ2n) is 3.84. The molecule has 0 radical (unpaired) electrons. The topological polar surface area (TPSA) is 80.6 Å². The molecule has 18 heavy (non-hydrogen) atoms. The van der Waals surface area contributed by atoms with E-state index in [1.54, 1.807) is 24.6 Å². The van der Waals surface area contributed by atoms with Crippen molar-refractivity contribution in [3.63, 3.8) is 0 Å². The van der Waals surface area contributed by atoms with Gasteiger partial charge in [0.1, 0.15) is 0 Å². The van der Waals surface area contributed by atoms with E-state index in [4.69, 9.17) is 4.42 Å². The van der Waals surface area contributed by atoms with Crippen LogP contribution in [0.4, 0.5) is 5.69 Å². The Balaban J connectivity index is 2.12. The van der Waals surface area contributed by atoms with Crippen LogP contribution in [0.5, 0.6) is 5.88 Å². The van der Waals surface area contributed by atoms with Gasteiger partial charge in [0, 0.05) is 25.0 Å². The maximum absolute atomic E-state index is 11.2. The standard InChI is InChI=1S/C12H9N3O3/c1-15-11(16)9(18-12(15)17)5-7-6-14-8-3-2-4-13-10(7)8/h2-6,16H,1H3/b7-5+. The Morgan fingerprint density at radius 1 is 1.50 bits per heavy atom. The quantitative estimate of drug-likeness (QED) is 0.819. The molecule has 0 unspecified atom stereocenters. The Bertz CT molecular complexity index is 737. The summed E-state index contributed by atoms with van der Waals surface area (Å²) in [5.41, 5.74) is 2.14. The van der Waals surface area contributed by atoms with Gasteiger partial charge in [-0.05, 0) is 18.2 Å². The molecule has 1 aliphatic heterocycles. The minimum absolute atomic E-state index is 0.0995. The molecule has 2 aromatic heterocycles. The third kappa shape index (κ3) is 1.46. The molecule has 0 aliphatic carbocycles. The molecule has 0 amide bonds. The van der Waals surface area contributed by atoms with Crippen LogP contribution in [0.3, 0.4) is 0 Å². The summed E-state index contributed by atoms with van der Waals surface area (Å²) in [5, 5.41) is 9.69. The smallest absolute Gasteiger partial charge is 0.422 e. The van der Waals surface area contributed by atoms with Crippen LogP contribution in [-0.4, -0.2) is 20.9 Å². The van der Waals surface area contributed by atoms with Gasteiger partial charge in [-0.2, -0.15) is 0 Å². The summed E-state index contributed by atoms with van der Waals surface area (Å²) in [7, 11) is 1.43. The molecular formula is C12H9N3O3. The van der Waals surface area contributed by atoms with Crippen molar-refractivity contribution < 1.29 is 9.52 Å². The van der Waals surface area contributed by atoms with Crippen molar-refractivity contribution in [1.29, 1.82) is 0 Å². The van der Waals surface area contributed by atoms with Gasteiger partial charge < -0.3 is 9.52 Å². The van der Waals surface area contributed by atoms with E-state index in [0.717, 1.165) is 10.3 Å². The fourth-order valence-electron chi connectivity index (χ4n) is 1.72. The van der Waals surface area contributed by atoms with E-state index in [-0.39, 0.29) is 11.6 Å². The van der Waals surface area contributed by atoms with Crippen molar-refractivity contribution >= 4 is 23.6 Å². The third-order valence-electron chi connectivity index (χ3n) is 2.70. The van der Waals surface area contributed by atoms with Crippen molar-refractivity contribution in [3.8, 4) is 5.88 Å². The van der Waals surface area contributed by atoms with Crippen LogP contribution in [0, 0.1) is 0 Å². The molecule has 3 heterocycles. The number of hydrogen-bond donors (Lipinski definition) is 1. The Hall–Kier alpha value is -2.63. The molecular weight excluding hydrogens is 234 g/mol. The second-order valence-corrected chi connectivity index (χ2v) is 3.84. The first-order chi connectivity index (χ1) is 8.66. The number of allylic oxidation sites excluding steroid dienone is 1. The van der Waals surface area contributed by atoms with Crippen LogP contribution < -0.4 is 5.76 Å². The lowest BCUT2D eigenvalue weighted by molar-refractivity contribution is 0.427. The summed E-state index contributed by atoms with van der Waals surface area (Å²) in [6, 6.07) is 3.62. The average molecular weight is 243 g/mol. The second kappa shape index (κ2) is 3.69. The fourth-order valence-corrected chi connectivity index (χ4v) is 1.72. The first-order valence-electron chi connectivity index (χ1n) is 5.27. The summed E-state index contributed by atoms with van der Waals surface area (Å²) in [6.07, 6.45) is 4.81. The highest BCUT2D eigenvalue weighted by Crippen LogP contribution is 2.31. The van der Waals surface area contributed by atoms with Gasteiger partial charge >= 0.3 is 5.76 Å². The first-order valence-corrected chi connectivity index (χ1v) is 5.27. The van der Waals surface area contributed by atoms with Gasteiger partial charge in [-0.25, -0.2) is 9.36 Å². The zero-order valence-electron chi connectivity index (χ0n) is 9.49. The van der Waals surface area contributed by atoms with E-state index in [0.29, 0.717) is 11.3 Å². The van der Waals surface area contributed by atoms with E-state index >= 15 is 0 Å². The van der Waals surface area contributed by atoms with Gasteiger partial charge in [-0.3, -0.25) is 9.98 Å².